The molecule has 0 amide bonds. The van der Waals surface area contributed by atoms with Crippen LogP contribution >= 0.6 is 0 Å². The van der Waals surface area contributed by atoms with E-state index in [1.807, 2.05) is 0 Å². The third kappa shape index (κ3) is 7.89. The van der Waals surface area contributed by atoms with E-state index in [0.717, 1.165) is 12.1 Å². The Morgan fingerprint density at radius 2 is 1.47 bits per heavy atom. The number of rotatable bonds is 10. The average Bonchev–Trinajstić information content (AvgIpc) is 2.72. The van der Waals surface area contributed by atoms with Crippen LogP contribution in [0.15, 0.2) is 51.7 Å². The van der Waals surface area contributed by atoms with Gasteiger partial charge in [-0.3, -0.25) is 0 Å². The van der Waals surface area contributed by atoms with Gasteiger partial charge in [0.2, 0.25) is 0 Å². The monoisotopic (exact) mass is 459 g/mol. The van der Waals surface area contributed by atoms with E-state index in [1.54, 1.807) is 24.3 Å². The van der Waals surface area contributed by atoms with Crippen molar-refractivity contribution in [3.63, 3.8) is 0 Å². The zero-order valence-corrected chi connectivity index (χ0v) is 21.5. The van der Waals surface area contributed by atoms with Crippen molar-refractivity contribution in [1.82, 2.24) is 4.98 Å². The number of carbonyl (C=O) groups is 2. The molecule has 0 fully saturated rings. The summed E-state index contributed by atoms with van der Waals surface area (Å²) >= 11 is 0. The largest absolute Gasteiger partial charge is 1.00 e. The fourth-order valence-corrected chi connectivity index (χ4v) is 2.53. The molecule has 3 rings (SSSR count). The van der Waals surface area contributed by atoms with Crippen molar-refractivity contribution in [3.8, 4) is 11.5 Å². The van der Waals surface area contributed by atoms with Gasteiger partial charge in [0.1, 0.15) is 30.3 Å². The maximum atomic E-state index is 11.6. The van der Waals surface area contributed by atoms with Gasteiger partial charge in [0.05, 0.1) is 48.0 Å². The summed E-state index contributed by atoms with van der Waals surface area (Å²) in [5, 5.41) is 22.4. The van der Waals surface area contributed by atoms with Crippen molar-refractivity contribution in [3.05, 3.63) is 64.3 Å². The zero-order chi connectivity index (χ0) is 21.5. The Morgan fingerprint density at radius 1 is 0.875 bits per heavy atom. The summed E-state index contributed by atoms with van der Waals surface area (Å²) in [5.74, 6) is -2.92. The number of para-hydroxylation sites is 1. The summed E-state index contributed by atoms with van der Waals surface area (Å²) in [5.41, 5.74) is -1.28. The van der Waals surface area contributed by atoms with Crippen LogP contribution in [-0.4, -0.2) is 43.4 Å². The standard InChI is InChI=1S/C20H17NO9.2Na/c22-18-11-17(13-3-1-2-4-16(13)30-18)29-8-6-27-5-7-28-12-9-14(19(23)24)21-15(10-12)20(25)26;;/h1-4,9-11H,5-8H2,(H,23,24)(H,25,26);;/q;2*+1/p-2. The van der Waals surface area contributed by atoms with E-state index in [-0.39, 0.29) is 91.3 Å². The van der Waals surface area contributed by atoms with Crippen molar-refractivity contribution in [2.75, 3.05) is 26.4 Å². The number of hydrogen-bond acceptors (Lipinski definition) is 10. The van der Waals surface area contributed by atoms with Crippen LogP contribution in [0.3, 0.4) is 0 Å². The molecule has 0 N–H and O–H groups in total. The molecule has 156 valence electrons. The smallest absolute Gasteiger partial charge is 0.543 e. The van der Waals surface area contributed by atoms with Gasteiger partial charge in [-0.15, -0.1) is 0 Å². The van der Waals surface area contributed by atoms with Crippen LogP contribution in [0.1, 0.15) is 21.0 Å². The topological polar surface area (TPSA) is 151 Å². The molecular formula is C20H15NNa2O9. The molecule has 0 saturated heterocycles. The minimum absolute atomic E-state index is 0. The molecule has 1 aromatic carbocycles. The molecule has 0 radical (unpaired) electrons. The van der Waals surface area contributed by atoms with Crippen LogP contribution < -0.4 is 84.4 Å². The van der Waals surface area contributed by atoms with Gasteiger partial charge in [0, 0.05) is 12.1 Å². The second-order valence-corrected chi connectivity index (χ2v) is 5.88. The normalized spacial score (nSPS) is 10.0. The molecule has 0 aliphatic carbocycles. The minimum atomic E-state index is -1.64. The molecule has 0 aliphatic rings. The number of pyridine rings is 1. The van der Waals surface area contributed by atoms with Gasteiger partial charge in [-0.2, -0.15) is 0 Å². The first kappa shape index (κ1) is 28.1. The maximum Gasteiger partial charge on any atom is 1.00 e. The Hall–Kier alpha value is -1.92. The fraction of sp³-hybridized carbons (Fsp3) is 0.200. The third-order valence-corrected chi connectivity index (χ3v) is 3.81. The van der Waals surface area contributed by atoms with Crippen molar-refractivity contribution in [2.24, 2.45) is 0 Å². The first-order valence-electron chi connectivity index (χ1n) is 8.75. The number of ether oxygens (including phenoxy) is 3. The van der Waals surface area contributed by atoms with Crippen LogP contribution in [0, 0.1) is 0 Å². The van der Waals surface area contributed by atoms with E-state index in [2.05, 4.69) is 4.98 Å². The molecule has 0 atom stereocenters. The molecule has 0 spiro atoms. The van der Waals surface area contributed by atoms with E-state index in [4.69, 9.17) is 18.6 Å². The van der Waals surface area contributed by atoms with Gasteiger partial charge in [0.25, 0.3) is 0 Å². The van der Waals surface area contributed by atoms with Crippen molar-refractivity contribution < 1.29 is 97.5 Å². The summed E-state index contributed by atoms with van der Waals surface area (Å²) in [4.78, 5) is 36.7. The van der Waals surface area contributed by atoms with E-state index in [1.165, 1.54) is 6.07 Å². The molecule has 2 aromatic heterocycles. The van der Waals surface area contributed by atoms with Crippen molar-refractivity contribution in [1.29, 1.82) is 0 Å². The number of hydrogen-bond donors (Lipinski definition) is 0. The quantitative estimate of drug-likeness (QED) is 0.163. The zero-order valence-electron chi connectivity index (χ0n) is 17.5. The Bertz CT molecular complexity index is 1100. The Labute approximate surface area is 226 Å². The van der Waals surface area contributed by atoms with Crippen LogP contribution in [0.25, 0.3) is 11.0 Å². The number of fused-ring (bicyclic) bond motifs is 1. The second kappa shape index (κ2) is 13.6. The molecule has 2 heterocycles. The number of benzene rings is 1. The van der Waals surface area contributed by atoms with Crippen molar-refractivity contribution in [2.45, 2.75) is 0 Å². The summed E-state index contributed by atoms with van der Waals surface area (Å²) in [6.45, 7) is 0.473. The minimum Gasteiger partial charge on any atom is -0.543 e. The molecule has 0 saturated carbocycles. The number of carboxylic acid groups (broad SMARTS) is 2. The van der Waals surface area contributed by atoms with Gasteiger partial charge in [-0.25, -0.2) is 9.78 Å². The maximum absolute atomic E-state index is 11.6. The van der Waals surface area contributed by atoms with Crippen LogP contribution in [-0.2, 0) is 4.74 Å². The predicted octanol–water partition coefficient (Wildman–Crippen LogP) is -6.60. The number of aromatic carboxylic acids is 2. The van der Waals surface area contributed by atoms with Gasteiger partial charge in [0.15, 0.2) is 0 Å². The van der Waals surface area contributed by atoms with Crippen LogP contribution in [0.4, 0.5) is 0 Å². The Balaban J connectivity index is 0.00000256. The molecular weight excluding hydrogens is 444 g/mol. The summed E-state index contributed by atoms with van der Waals surface area (Å²) < 4.78 is 21.3. The molecule has 0 unspecified atom stereocenters. The van der Waals surface area contributed by atoms with E-state index < -0.39 is 29.0 Å². The number of carboxylic acids is 2. The van der Waals surface area contributed by atoms with Crippen LogP contribution in [0.2, 0.25) is 0 Å². The number of carbonyl (C=O) groups excluding carboxylic acids is 2. The number of nitrogens with zero attached hydrogens (tertiary/aromatic N) is 1. The molecule has 3 aromatic rings. The Kier molecular flexibility index (Phi) is 11.9. The molecule has 10 nitrogen and oxygen atoms in total. The first-order valence-corrected chi connectivity index (χ1v) is 8.75. The Morgan fingerprint density at radius 3 is 2.09 bits per heavy atom. The van der Waals surface area contributed by atoms with Gasteiger partial charge in [-0.1, -0.05) is 12.1 Å². The predicted molar refractivity (Wildman–Crippen MR) is 97.2 cm³/mol. The fourth-order valence-electron chi connectivity index (χ4n) is 2.53. The summed E-state index contributed by atoms with van der Waals surface area (Å²) in [7, 11) is 0. The number of aromatic nitrogens is 1. The van der Waals surface area contributed by atoms with Gasteiger partial charge >= 0.3 is 64.7 Å². The molecule has 0 aliphatic heterocycles. The van der Waals surface area contributed by atoms with Gasteiger partial charge < -0.3 is 38.4 Å². The molecule has 32 heavy (non-hydrogen) atoms. The molecule has 12 heteroatoms. The van der Waals surface area contributed by atoms with Crippen molar-refractivity contribution >= 4 is 22.9 Å². The third-order valence-electron chi connectivity index (χ3n) is 3.81. The van der Waals surface area contributed by atoms with Gasteiger partial charge in [-0.05, 0) is 12.1 Å². The van der Waals surface area contributed by atoms with E-state index in [9.17, 15) is 24.6 Å². The average molecular weight is 459 g/mol. The molecule has 0 bridgehead atoms. The summed E-state index contributed by atoms with van der Waals surface area (Å²) in [6.07, 6.45) is 0. The van der Waals surface area contributed by atoms with E-state index in [0.29, 0.717) is 16.7 Å². The van der Waals surface area contributed by atoms with Crippen LogP contribution in [0.5, 0.6) is 11.5 Å². The van der Waals surface area contributed by atoms with E-state index >= 15 is 0 Å². The summed E-state index contributed by atoms with van der Waals surface area (Å²) in [6, 6.07) is 10.3. The first-order chi connectivity index (χ1) is 14.4. The SMILES string of the molecule is O=C([O-])c1cc(OCCOCCOc2cc(=O)oc3ccccc23)cc(C(=O)[O-])n1.[Na+].[Na+]. The second-order valence-electron chi connectivity index (χ2n) is 5.88.